The van der Waals surface area contributed by atoms with Gasteiger partial charge in [0.15, 0.2) is 0 Å². The molecule has 3 aliphatic carbocycles. The summed E-state index contributed by atoms with van der Waals surface area (Å²) in [5.74, 6) is 5.94. The van der Waals surface area contributed by atoms with E-state index in [0.717, 1.165) is 5.92 Å². The van der Waals surface area contributed by atoms with Gasteiger partial charge >= 0.3 is 0 Å². The average Bonchev–Trinajstić information content (AvgIpc) is 2.52. The minimum absolute atomic E-state index is 1.10. The Morgan fingerprint density at radius 1 is 0.889 bits per heavy atom. The van der Waals surface area contributed by atoms with Gasteiger partial charge in [0.05, 0.1) is 0 Å². The number of hydrogen-bond donors (Lipinski definition) is 0. The van der Waals surface area contributed by atoms with E-state index in [1.807, 2.05) is 0 Å². The lowest BCUT2D eigenvalue weighted by atomic mass is 9.65. The minimum atomic E-state index is 1.10. The molecule has 0 bridgehead atoms. The molecule has 3 rings (SSSR count). The van der Waals surface area contributed by atoms with Crippen LogP contribution in [0.2, 0.25) is 0 Å². The van der Waals surface area contributed by atoms with Crippen molar-refractivity contribution in [3.05, 3.63) is 0 Å². The van der Waals surface area contributed by atoms with Crippen molar-refractivity contribution in [3.8, 4) is 0 Å². The van der Waals surface area contributed by atoms with Gasteiger partial charge in [-0.25, -0.2) is 0 Å². The van der Waals surface area contributed by atoms with E-state index in [4.69, 9.17) is 0 Å². The van der Waals surface area contributed by atoms with Gasteiger partial charge in [0.1, 0.15) is 0 Å². The zero-order valence-electron chi connectivity index (χ0n) is 6.01. The van der Waals surface area contributed by atoms with Gasteiger partial charge in [-0.1, -0.05) is 6.92 Å². The van der Waals surface area contributed by atoms with Crippen LogP contribution in [0.25, 0.3) is 0 Å². The Bertz CT molecular complexity index is 150. The zero-order valence-corrected chi connectivity index (χ0v) is 6.01. The highest BCUT2D eigenvalue weighted by Gasteiger charge is 2.59. The van der Waals surface area contributed by atoms with Crippen molar-refractivity contribution in [3.63, 3.8) is 0 Å². The Labute approximate surface area is 56.6 Å². The third kappa shape index (κ3) is 0.426. The van der Waals surface area contributed by atoms with Crippen molar-refractivity contribution >= 4 is 0 Å². The van der Waals surface area contributed by atoms with Gasteiger partial charge in [0.2, 0.25) is 0 Å². The molecule has 0 heteroatoms. The molecule has 3 saturated carbocycles. The van der Waals surface area contributed by atoms with Gasteiger partial charge in [-0.2, -0.15) is 0 Å². The molecule has 0 aromatic heterocycles. The summed E-state index contributed by atoms with van der Waals surface area (Å²) in [7, 11) is 0. The molecule has 0 aromatic rings. The van der Waals surface area contributed by atoms with Crippen LogP contribution in [0.1, 0.15) is 26.2 Å². The topological polar surface area (TPSA) is 0 Å². The molecule has 0 aliphatic heterocycles. The molecule has 0 unspecified atom stereocenters. The second-order valence-electron chi connectivity index (χ2n) is 4.44. The molecule has 0 amide bonds. The Morgan fingerprint density at radius 3 is 2.22 bits per heavy atom. The van der Waals surface area contributed by atoms with Crippen LogP contribution in [0.5, 0.6) is 0 Å². The van der Waals surface area contributed by atoms with E-state index in [-0.39, 0.29) is 0 Å². The van der Waals surface area contributed by atoms with Gasteiger partial charge in [-0.15, -0.1) is 0 Å². The predicted octanol–water partition coefficient (Wildman–Crippen LogP) is 2.30. The van der Waals surface area contributed by atoms with E-state index in [9.17, 15) is 0 Å². The van der Waals surface area contributed by atoms with Gasteiger partial charge < -0.3 is 0 Å². The van der Waals surface area contributed by atoms with Crippen molar-refractivity contribution < 1.29 is 0 Å². The van der Waals surface area contributed by atoms with Crippen LogP contribution in [0, 0.1) is 29.6 Å². The molecule has 0 spiro atoms. The van der Waals surface area contributed by atoms with Gasteiger partial charge in [-0.05, 0) is 48.9 Å². The Kier molecular flexibility index (Phi) is 0.640. The van der Waals surface area contributed by atoms with Crippen molar-refractivity contribution in [1.82, 2.24) is 0 Å². The van der Waals surface area contributed by atoms with E-state index < -0.39 is 0 Å². The lowest BCUT2D eigenvalue weighted by molar-refractivity contribution is 0.0929. The number of fused-ring (bicyclic) bond motifs is 3. The molecular weight excluding hydrogens is 108 g/mol. The average molecular weight is 122 g/mol. The maximum Gasteiger partial charge on any atom is -0.0349 e. The highest BCUT2D eigenvalue weighted by atomic mass is 14.6. The van der Waals surface area contributed by atoms with Crippen LogP contribution < -0.4 is 0 Å². The lowest BCUT2D eigenvalue weighted by Gasteiger charge is -2.40. The van der Waals surface area contributed by atoms with E-state index in [1.54, 1.807) is 19.3 Å². The monoisotopic (exact) mass is 122 g/mol. The first-order valence-electron chi connectivity index (χ1n) is 4.36. The van der Waals surface area contributed by atoms with Crippen LogP contribution in [-0.4, -0.2) is 0 Å². The fourth-order valence-electron chi connectivity index (χ4n) is 3.32. The van der Waals surface area contributed by atoms with Crippen LogP contribution in [0.4, 0.5) is 0 Å². The van der Waals surface area contributed by atoms with E-state index >= 15 is 0 Å². The third-order valence-electron chi connectivity index (χ3n) is 4.03. The molecule has 0 saturated heterocycles. The maximum absolute atomic E-state index is 2.44. The Balaban J connectivity index is 1.85. The predicted molar refractivity (Wildman–Crippen MR) is 37.0 cm³/mol. The fraction of sp³-hybridized carbons (Fsp3) is 1.00. The second-order valence-corrected chi connectivity index (χ2v) is 4.44. The SMILES string of the molecule is C[C@@H]1C[C@@H]2[C@@H]3C[C@@H]3C[C@@H]21. The molecule has 3 fully saturated rings. The molecule has 9 heavy (non-hydrogen) atoms. The van der Waals surface area contributed by atoms with E-state index in [2.05, 4.69) is 6.92 Å². The smallest absolute Gasteiger partial charge is 0.0349 e. The van der Waals surface area contributed by atoms with Crippen LogP contribution >= 0.6 is 0 Å². The summed E-state index contributed by atoms with van der Waals surface area (Å²) < 4.78 is 0. The summed E-state index contributed by atoms with van der Waals surface area (Å²) in [5.41, 5.74) is 0. The molecule has 0 heterocycles. The standard InChI is InChI=1S/C9H14/c1-5-2-9-7(5)3-6-4-8(6)9/h5-9H,2-4H2,1H3/t5-,6+,7-,8-,9+/m1/s1. The molecule has 0 radical (unpaired) electrons. The summed E-state index contributed by atoms with van der Waals surface area (Å²) in [5, 5.41) is 0. The van der Waals surface area contributed by atoms with Crippen LogP contribution in [0.15, 0.2) is 0 Å². The molecule has 0 N–H and O–H groups in total. The normalized spacial score (nSPS) is 68.3. The second kappa shape index (κ2) is 1.21. The number of rotatable bonds is 0. The van der Waals surface area contributed by atoms with Crippen LogP contribution in [-0.2, 0) is 0 Å². The molecule has 5 atom stereocenters. The third-order valence-corrected chi connectivity index (χ3v) is 4.03. The highest BCUT2D eigenvalue weighted by molar-refractivity contribution is 5.08. The minimum Gasteiger partial charge on any atom is -0.0622 e. The fourth-order valence-corrected chi connectivity index (χ4v) is 3.32. The molecule has 3 aliphatic rings. The summed E-state index contributed by atoms with van der Waals surface area (Å²) >= 11 is 0. The van der Waals surface area contributed by atoms with Crippen molar-refractivity contribution in [2.24, 2.45) is 29.6 Å². The summed E-state index contributed by atoms with van der Waals surface area (Å²) in [6.07, 6.45) is 4.79. The largest absolute Gasteiger partial charge is 0.0622 e. The summed E-state index contributed by atoms with van der Waals surface area (Å²) in [6, 6.07) is 0. The molecule has 0 aromatic carbocycles. The van der Waals surface area contributed by atoms with E-state index in [1.165, 1.54) is 23.7 Å². The molecule has 50 valence electrons. The first-order chi connectivity index (χ1) is 4.36. The van der Waals surface area contributed by atoms with Crippen molar-refractivity contribution in [2.75, 3.05) is 0 Å². The Morgan fingerprint density at radius 2 is 1.67 bits per heavy atom. The summed E-state index contributed by atoms with van der Waals surface area (Å²) in [4.78, 5) is 0. The summed E-state index contributed by atoms with van der Waals surface area (Å²) in [6.45, 7) is 2.44. The first-order valence-corrected chi connectivity index (χ1v) is 4.36. The zero-order chi connectivity index (χ0) is 6.01. The van der Waals surface area contributed by atoms with Crippen molar-refractivity contribution in [1.29, 1.82) is 0 Å². The van der Waals surface area contributed by atoms with Gasteiger partial charge in [0, 0.05) is 0 Å². The van der Waals surface area contributed by atoms with Crippen molar-refractivity contribution in [2.45, 2.75) is 26.2 Å². The Hall–Kier alpha value is 0. The first kappa shape index (κ1) is 4.76. The highest BCUT2D eigenvalue weighted by Crippen LogP contribution is 2.66. The maximum atomic E-state index is 2.44. The number of hydrogen-bond acceptors (Lipinski definition) is 0. The van der Waals surface area contributed by atoms with Crippen LogP contribution in [0.3, 0.4) is 0 Å². The molecule has 0 nitrogen and oxygen atoms in total. The van der Waals surface area contributed by atoms with Gasteiger partial charge in [-0.3, -0.25) is 0 Å². The quantitative estimate of drug-likeness (QED) is 0.462. The lowest BCUT2D eigenvalue weighted by Crippen LogP contribution is -2.32. The molecular formula is C9H14. The van der Waals surface area contributed by atoms with E-state index in [0.29, 0.717) is 0 Å². The van der Waals surface area contributed by atoms with Gasteiger partial charge in [0.25, 0.3) is 0 Å².